The lowest BCUT2D eigenvalue weighted by Crippen LogP contribution is -3.00. The number of nitrogens with one attached hydrogen (secondary N) is 1. The van der Waals surface area contributed by atoms with Crippen LogP contribution in [-0.2, 0) is 0 Å². The molecule has 11 heavy (non-hydrogen) atoms. The van der Waals surface area contributed by atoms with Crippen LogP contribution in [0.4, 0.5) is 0 Å². The first-order chi connectivity index (χ1) is 5.11. The average Bonchev–Trinajstić information content (AvgIpc) is 1.88. The molecule has 0 radical (unpaired) electrons. The molecule has 0 bridgehead atoms. The van der Waals surface area contributed by atoms with E-state index < -0.39 is 0 Å². The molecule has 0 unspecified atom stereocenters. The van der Waals surface area contributed by atoms with Crippen LogP contribution < -0.4 is 4.90 Å². The highest BCUT2D eigenvalue weighted by Gasteiger charge is 2.03. The van der Waals surface area contributed by atoms with Gasteiger partial charge in [-0.15, -0.1) is 0 Å². The van der Waals surface area contributed by atoms with Crippen LogP contribution in [0.2, 0.25) is 0 Å². The average molecular weight is 178 g/mol. The lowest BCUT2D eigenvalue weighted by atomic mass is 10.5. The summed E-state index contributed by atoms with van der Waals surface area (Å²) >= 11 is 6.01. The number of halogens is 1. The van der Waals surface area contributed by atoms with Gasteiger partial charge in [0.15, 0.2) is 5.16 Å². The first-order valence-corrected chi connectivity index (χ1v) is 4.41. The van der Waals surface area contributed by atoms with E-state index in [9.17, 15) is 0 Å². The minimum Gasteiger partial charge on any atom is -0.359 e. The van der Waals surface area contributed by atoms with Crippen molar-refractivity contribution in [1.82, 2.24) is 4.90 Å². The van der Waals surface area contributed by atoms with E-state index >= 15 is 0 Å². The fraction of sp³-hybridized carbons (Fsp3) is 0.750. The van der Waals surface area contributed by atoms with Gasteiger partial charge in [0.2, 0.25) is 0 Å². The Bertz CT molecular complexity index is 128. The van der Waals surface area contributed by atoms with Crippen molar-refractivity contribution in [3.8, 4) is 0 Å². The van der Waals surface area contributed by atoms with E-state index in [0.717, 1.165) is 18.2 Å². The SMILES string of the molecule is CCN(CC)C(Cl)=C[NH+](C)C. The van der Waals surface area contributed by atoms with Crippen LogP contribution in [0.15, 0.2) is 11.4 Å². The van der Waals surface area contributed by atoms with Gasteiger partial charge in [-0.05, 0) is 13.8 Å². The molecular formula is C8H18ClN2+. The van der Waals surface area contributed by atoms with Crippen molar-refractivity contribution < 1.29 is 4.90 Å². The Morgan fingerprint density at radius 1 is 1.36 bits per heavy atom. The molecule has 1 N–H and O–H groups in total. The molecular weight excluding hydrogens is 160 g/mol. The molecule has 0 aromatic rings. The zero-order chi connectivity index (χ0) is 8.85. The van der Waals surface area contributed by atoms with Crippen molar-refractivity contribution in [2.24, 2.45) is 0 Å². The van der Waals surface area contributed by atoms with E-state index in [1.807, 2.05) is 20.3 Å². The highest BCUT2D eigenvalue weighted by Crippen LogP contribution is 2.05. The van der Waals surface area contributed by atoms with E-state index in [4.69, 9.17) is 11.6 Å². The molecule has 0 saturated carbocycles. The summed E-state index contributed by atoms with van der Waals surface area (Å²) in [6.45, 7) is 6.15. The standard InChI is InChI=1S/C8H17ClN2/c1-5-11(6-2)8(9)7-10(3)4/h7H,5-6H2,1-4H3/p+1. The number of rotatable bonds is 4. The predicted molar refractivity (Wildman–Crippen MR) is 49.7 cm³/mol. The maximum absolute atomic E-state index is 6.01. The molecule has 0 aliphatic rings. The van der Waals surface area contributed by atoms with Crippen molar-refractivity contribution in [3.63, 3.8) is 0 Å². The molecule has 3 heteroatoms. The first-order valence-electron chi connectivity index (χ1n) is 4.04. The molecule has 0 spiro atoms. The highest BCUT2D eigenvalue weighted by atomic mass is 35.5. The summed E-state index contributed by atoms with van der Waals surface area (Å²) in [6, 6.07) is 0. The summed E-state index contributed by atoms with van der Waals surface area (Å²) in [4.78, 5) is 3.36. The van der Waals surface area contributed by atoms with Crippen molar-refractivity contribution in [1.29, 1.82) is 0 Å². The molecule has 0 rings (SSSR count). The molecule has 0 aromatic heterocycles. The molecule has 2 nitrogen and oxygen atoms in total. The van der Waals surface area contributed by atoms with Crippen LogP contribution in [0.5, 0.6) is 0 Å². The van der Waals surface area contributed by atoms with E-state index in [0.29, 0.717) is 0 Å². The number of quaternary nitrogens is 1. The third-order valence-electron chi connectivity index (χ3n) is 1.47. The quantitative estimate of drug-likeness (QED) is 0.615. The van der Waals surface area contributed by atoms with Gasteiger partial charge in [-0.25, -0.2) is 0 Å². The molecule has 0 fully saturated rings. The second-order valence-corrected chi connectivity index (χ2v) is 3.10. The molecule has 66 valence electrons. The monoisotopic (exact) mass is 177 g/mol. The van der Waals surface area contributed by atoms with Crippen LogP contribution in [0.25, 0.3) is 0 Å². The van der Waals surface area contributed by atoms with E-state index in [2.05, 4.69) is 18.7 Å². The second kappa shape index (κ2) is 5.44. The molecule has 0 amide bonds. The maximum Gasteiger partial charge on any atom is 0.158 e. The smallest absolute Gasteiger partial charge is 0.158 e. The fourth-order valence-electron chi connectivity index (χ4n) is 0.855. The summed E-state index contributed by atoms with van der Waals surface area (Å²) in [5, 5.41) is 0.843. The lowest BCUT2D eigenvalue weighted by Gasteiger charge is -2.18. The van der Waals surface area contributed by atoms with E-state index in [1.165, 1.54) is 4.90 Å². The van der Waals surface area contributed by atoms with Crippen LogP contribution in [-0.4, -0.2) is 32.1 Å². The lowest BCUT2D eigenvalue weighted by molar-refractivity contribution is -0.802. The van der Waals surface area contributed by atoms with Gasteiger partial charge < -0.3 is 9.80 Å². The second-order valence-electron chi connectivity index (χ2n) is 2.72. The maximum atomic E-state index is 6.01. The minimum absolute atomic E-state index is 0.843. The molecule has 0 aliphatic carbocycles. The van der Waals surface area contributed by atoms with Gasteiger partial charge in [-0.2, -0.15) is 0 Å². The van der Waals surface area contributed by atoms with Gasteiger partial charge >= 0.3 is 0 Å². The van der Waals surface area contributed by atoms with Gasteiger partial charge in [0.05, 0.1) is 14.1 Å². The number of nitrogens with zero attached hydrogens (tertiary/aromatic N) is 1. The summed E-state index contributed by atoms with van der Waals surface area (Å²) in [6.07, 6.45) is 1.99. The summed E-state index contributed by atoms with van der Waals surface area (Å²) in [5.74, 6) is 0. The van der Waals surface area contributed by atoms with Gasteiger partial charge in [-0.3, -0.25) is 0 Å². The Hall–Kier alpha value is -0.210. The Kier molecular flexibility index (Phi) is 5.34. The Labute approximate surface area is 74.4 Å². The van der Waals surface area contributed by atoms with Crippen LogP contribution >= 0.6 is 11.6 Å². The van der Waals surface area contributed by atoms with Crippen molar-refractivity contribution in [2.45, 2.75) is 13.8 Å². The summed E-state index contributed by atoms with van der Waals surface area (Å²) < 4.78 is 0. The van der Waals surface area contributed by atoms with Gasteiger partial charge in [0.1, 0.15) is 6.20 Å². The van der Waals surface area contributed by atoms with Crippen LogP contribution in [0, 0.1) is 0 Å². The molecule has 0 heterocycles. The summed E-state index contributed by atoms with van der Waals surface area (Å²) in [7, 11) is 4.10. The number of hydrogen-bond donors (Lipinski definition) is 1. The summed E-state index contributed by atoms with van der Waals surface area (Å²) in [5.41, 5.74) is 0. The van der Waals surface area contributed by atoms with Gasteiger partial charge in [-0.1, -0.05) is 11.6 Å². The normalized spacial score (nSPS) is 12.4. The van der Waals surface area contributed by atoms with E-state index in [-0.39, 0.29) is 0 Å². The van der Waals surface area contributed by atoms with Gasteiger partial charge in [0, 0.05) is 13.1 Å². The van der Waals surface area contributed by atoms with Crippen LogP contribution in [0.1, 0.15) is 13.8 Å². The number of hydrogen-bond acceptors (Lipinski definition) is 1. The predicted octanol–water partition coefficient (Wildman–Crippen LogP) is 0.510. The zero-order valence-electron chi connectivity index (χ0n) is 7.82. The zero-order valence-corrected chi connectivity index (χ0v) is 8.57. The Morgan fingerprint density at radius 2 is 1.82 bits per heavy atom. The highest BCUT2D eigenvalue weighted by molar-refractivity contribution is 6.29. The third-order valence-corrected chi connectivity index (χ3v) is 1.82. The van der Waals surface area contributed by atoms with E-state index in [1.54, 1.807) is 0 Å². The largest absolute Gasteiger partial charge is 0.359 e. The Balaban J connectivity index is 4.07. The molecule has 0 atom stereocenters. The molecule has 0 aliphatic heterocycles. The van der Waals surface area contributed by atoms with Crippen LogP contribution in [0.3, 0.4) is 0 Å². The van der Waals surface area contributed by atoms with Crippen molar-refractivity contribution in [3.05, 3.63) is 11.4 Å². The fourth-order valence-corrected chi connectivity index (χ4v) is 1.31. The van der Waals surface area contributed by atoms with Gasteiger partial charge in [0.25, 0.3) is 0 Å². The third kappa shape index (κ3) is 4.27. The van der Waals surface area contributed by atoms with Crippen molar-refractivity contribution >= 4 is 11.6 Å². The molecule has 0 saturated heterocycles. The topological polar surface area (TPSA) is 7.68 Å². The Morgan fingerprint density at radius 3 is 2.09 bits per heavy atom. The van der Waals surface area contributed by atoms with Crippen molar-refractivity contribution in [2.75, 3.05) is 27.2 Å². The first kappa shape index (κ1) is 10.8. The molecule has 0 aromatic carbocycles. The minimum atomic E-state index is 0.843.